The minimum absolute atomic E-state index is 0. The van der Waals surface area contributed by atoms with Crippen LogP contribution < -0.4 is 10.6 Å². The molecule has 1 aromatic heterocycles. The van der Waals surface area contributed by atoms with Crippen LogP contribution in [0.15, 0.2) is 42.7 Å². The maximum absolute atomic E-state index is 12.0. The van der Waals surface area contributed by atoms with Gasteiger partial charge in [-0.2, -0.15) is 5.10 Å². The third kappa shape index (κ3) is 4.06. The van der Waals surface area contributed by atoms with Gasteiger partial charge in [0, 0.05) is 30.5 Å². The van der Waals surface area contributed by atoms with E-state index in [2.05, 4.69) is 15.7 Å². The summed E-state index contributed by atoms with van der Waals surface area (Å²) in [6.07, 6.45) is 6.39. The van der Waals surface area contributed by atoms with E-state index in [0.29, 0.717) is 12.5 Å². The summed E-state index contributed by atoms with van der Waals surface area (Å²) in [6.45, 7) is 1.02. The van der Waals surface area contributed by atoms with Gasteiger partial charge in [-0.05, 0) is 43.7 Å². The molecule has 1 amide bonds. The van der Waals surface area contributed by atoms with E-state index >= 15 is 0 Å². The van der Waals surface area contributed by atoms with E-state index in [-0.39, 0.29) is 18.3 Å². The van der Waals surface area contributed by atoms with Gasteiger partial charge in [-0.1, -0.05) is 6.07 Å². The minimum Gasteiger partial charge on any atom is -0.326 e. The molecule has 1 aromatic carbocycles. The number of amides is 1. The molecule has 0 spiro atoms. The predicted molar refractivity (Wildman–Crippen MR) is 85.1 cm³/mol. The molecule has 2 aromatic rings. The highest BCUT2D eigenvalue weighted by Gasteiger charge is 2.17. The highest BCUT2D eigenvalue weighted by molar-refractivity contribution is 5.91. The van der Waals surface area contributed by atoms with E-state index in [1.807, 2.05) is 36.5 Å². The van der Waals surface area contributed by atoms with Crippen LogP contribution in [-0.4, -0.2) is 28.3 Å². The van der Waals surface area contributed by atoms with E-state index in [9.17, 15) is 4.79 Å². The van der Waals surface area contributed by atoms with Gasteiger partial charge in [0.15, 0.2) is 0 Å². The maximum Gasteiger partial charge on any atom is 0.225 e. The smallest absolute Gasteiger partial charge is 0.225 e. The fraction of sp³-hybridized carbons (Fsp3) is 0.333. The molecule has 1 aliphatic rings. The molecule has 2 heterocycles. The van der Waals surface area contributed by atoms with Crippen molar-refractivity contribution in [3.8, 4) is 5.69 Å². The number of nitrogens with zero attached hydrogens (tertiary/aromatic N) is 2. The molecule has 3 rings (SSSR count). The largest absolute Gasteiger partial charge is 0.326 e. The van der Waals surface area contributed by atoms with Crippen molar-refractivity contribution in [1.82, 2.24) is 15.1 Å². The molecule has 112 valence electrons. The van der Waals surface area contributed by atoms with Gasteiger partial charge in [0.25, 0.3) is 0 Å². The molecule has 1 aliphatic heterocycles. The molecule has 0 radical (unpaired) electrons. The number of nitrogens with one attached hydrogen (secondary N) is 2. The van der Waals surface area contributed by atoms with Crippen molar-refractivity contribution < 1.29 is 4.79 Å². The summed E-state index contributed by atoms with van der Waals surface area (Å²) in [5.41, 5.74) is 1.74. The van der Waals surface area contributed by atoms with Crippen LogP contribution >= 0.6 is 12.4 Å². The van der Waals surface area contributed by atoms with Crippen molar-refractivity contribution >= 4 is 24.0 Å². The van der Waals surface area contributed by atoms with Crippen molar-refractivity contribution in [2.24, 2.45) is 0 Å². The summed E-state index contributed by atoms with van der Waals surface area (Å²) in [4.78, 5) is 12.0. The van der Waals surface area contributed by atoms with Gasteiger partial charge >= 0.3 is 0 Å². The summed E-state index contributed by atoms with van der Waals surface area (Å²) >= 11 is 0. The van der Waals surface area contributed by atoms with Crippen LogP contribution in [0.1, 0.15) is 19.3 Å². The first-order valence-corrected chi connectivity index (χ1v) is 6.94. The Bertz CT molecular complexity index is 579. The molecule has 1 fully saturated rings. The lowest BCUT2D eigenvalue weighted by molar-refractivity contribution is -0.116. The second-order valence-corrected chi connectivity index (χ2v) is 5.05. The summed E-state index contributed by atoms with van der Waals surface area (Å²) in [7, 11) is 0. The number of hydrogen-bond acceptors (Lipinski definition) is 3. The van der Waals surface area contributed by atoms with E-state index in [1.54, 1.807) is 10.9 Å². The molecule has 2 N–H and O–H groups in total. The summed E-state index contributed by atoms with van der Waals surface area (Å²) in [5, 5.41) is 10.5. The van der Waals surface area contributed by atoms with Crippen LogP contribution in [0.2, 0.25) is 0 Å². The summed E-state index contributed by atoms with van der Waals surface area (Å²) in [6, 6.07) is 9.89. The topological polar surface area (TPSA) is 59.0 Å². The minimum atomic E-state index is 0. The number of halogens is 1. The normalized spacial score (nSPS) is 17.2. The first-order valence-electron chi connectivity index (χ1n) is 6.94. The summed E-state index contributed by atoms with van der Waals surface area (Å²) < 4.78 is 1.77. The van der Waals surface area contributed by atoms with Crippen LogP contribution in [0, 0.1) is 0 Å². The van der Waals surface area contributed by atoms with Gasteiger partial charge < -0.3 is 10.6 Å². The van der Waals surface area contributed by atoms with Crippen molar-refractivity contribution in [2.75, 3.05) is 11.9 Å². The molecule has 0 aliphatic carbocycles. The van der Waals surface area contributed by atoms with Crippen LogP contribution in [0.3, 0.4) is 0 Å². The second-order valence-electron chi connectivity index (χ2n) is 5.05. The molecule has 21 heavy (non-hydrogen) atoms. The number of aromatic nitrogens is 2. The maximum atomic E-state index is 12.0. The van der Waals surface area contributed by atoms with Crippen LogP contribution in [0.5, 0.6) is 0 Å². The van der Waals surface area contributed by atoms with Crippen molar-refractivity contribution in [1.29, 1.82) is 0 Å². The SMILES string of the molecule is Cl.O=C(CC1CCCN1)Nc1cccc(-n2cccn2)c1. The number of benzene rings is 1. The average Bonchev–Trinajstić information content (AvgIpc) is 3.11. The lowest BCUT2D eigenvalue weighted by Crippen LogP contribution is -2.27. The Labute approximate surface area is 130 Å². The number of carbonyl (C=O) groups is 1. The highest BCUT2D eigenvalue weighted by Crippen LogP contribution is 2.15. The van der Waals surface area contributed by atoms with Crippen molar-refractivity contribution in [3.05, 3.63) is 42.7 Å². The zero-order chi connectivity index (χ0) is 13.8. The molecule has 0 saturated carbocycles. The van der Waals surface area contributed by atoms with E-state index in [0.717, 1.165) is 30.8 Å². The van der Waals surface area contributed by atoms with Gasteiger partial charge in [-0.3, -0.25) is 4.79 Å². The number of rotatable bonds is 4. The highest BCUT2D eigenvalue weighted by atomic mass is 35.5. The molecule has 1 atom stereocenters. The van der Waals surface area contributed by atoms with Crippen molar-refractivity contribution in [3.63, 3.8) is 0 Å². The first-order chi connectivity index (χ1) is 9.81. The lowest BCUT2D eigenvalue weighted by Gasteiger charge is -2.11. The Morgan fingerprint density at radius 3 is 3.05 bits per heavy atom. The van der Waals surface area contributed by atoms with E-state index in [4.69, 9.17) is 0 Å². The average molecular weight is 307 g/mol. The fourth-order valence-corrected chi connectivity index (χ4v) is 2.51. The molecule has 1 unspecified atom stereocenters. The quantitative estimate of drug-likeness (QED) is 0.912. The molecule has 1 saturated heterocycles. The van der Waals surface area contributed by atoms with E-state index in [1.165, 1.54) is 0 Å². The van der Waals surface area contributed by atoms with E-state index < -0.39 is 0 Å². The molecular weight excluding hydrogens is 288 g/mol. The van der Waals surface area contributed by atoms with Gasteiger partial charge in [0.05, 0.1) is 5.69 Å². The van der Waals surface area contributed by atoms with Gasteiger partial charge in [-0.25, -0.2) is 4.68 Å². The van der Waals surface area contributed by atoms with Gasteiger partial charge in [0.2, 0.25) is 5.91 Å². The summed E-state index contributed by atoms with van der Waals surface area (Å²) in [5.74, 6) is 0.0574. The Balaban J connectivity index is 0.00000161. The monoisotopic (exact) mass is 306 g/mol. The van der Waals surface area contributed by atoms with Crippen molar-refractivity contribution in [2.45, 2.75) is 25.3 Å². The zero-order valence-corrected chi connectivity index (χ0v) is 12.5. The van der Waals surface area contributed by atoms with Crippen LogP contribution in [0.4, 0.5) is 5.69 Å². The lowest BCUT2D eigenvalue weighted by atomic mass is 10.1. The molecule has 6 heteroatoms. The van der Waals surface area contributed by atoms with Gasteiger partial charge in [-0.15, -0.1) is 12.4 Å². The van der Waals surface area contributed by atoms with Crippen LogP contribution in [-0.2, 0) is 4.79 Å². The third-order valence-electron chi connectivity index (χ3n) is 3.49. The standard InChI is InChI=1S/C15H18N4O.ClH/c20-15(11-12-5-2-7-16-12)18-13-4-1-6-14(10-13)19-9-3-8-17-19;/h1,3-4,6,8-10,12,16H,2,5,7,11H2,(H,18,20);1H. The Kier molecular flexibility index (Phi) is 5.36. The molecule has 5 nitrogen and oxygen atoms in total. The molecule has 0 bridgehead atoms. The fourth-order valence-electron chi connectivity index (χ4n) is 2.51. The predicted octanol–water partition coefficient (Wildman–Crippen LogP) is 2.37. The molecular formula is C15H19ClN4O. The number of carbonyl (C=O) groups excluding carboxylic acids is 1. The van der Waals surface area contributed by atoms with Gasteiger partial charge in [0.1, 0.15) is 0 Å². The Hall–Kier alpha value is -1.85. The Morgan fingerprint density at radius 1 is 1.43 bits per heavy atom. The third-order valence-corrected chi connectivity index (χ3v) is 3.49. The first kappa shape index (κ1) is 15.5. The zero-order valence-electron chi connectivity index (χ0n) is 11.7. The van der Waals surface area contributed by atoms with Crippen LogP contribution in [0.25, 0.3) is 5.69 Å². The number of hydrogen-bond donors (Lipinski definition) is 2. The Morgan fingerprint density at radius 2 is 2.33 bits per heavy atom. The number of anilines is 1. The second kappa shape index (κ2) is 7.24.